The Morgan fingerprint density at radius 3 is 2.62 bits per heavy atom. The number of carbonyl (C=O) groups is 1. The Morgan fingerprint density at radius 1 is 1.19 bits per heavy atom. The number of fused-ring (bicyclic) bond motifs is 1. The molecule has 0 saturated carbocycles. The van der Waals surface area contributed by atoms with E-state index in [1.54, 1.807) is 0 Å². The Bertz CT molecular complexity index is 974. The first-order chi connectivity index (χ1) is 14.9. The van der Waals surface area contributed by atoms with Gasteiger partial charge in [0.2, 0.25) is 0 Å². The maximum absolute atomic E-state index is 13.0. The van der Waals surface area contributed by atoms with Gasteiger partial charge in [-0.1, -0.05) is 32.9 Å². The molecule has 3 heterocycles. The summed E-state index contributed by atoms with van der Waals surface area (Å²) in [7, 11) is 2.20. The fourth-order valence-electron chi connectivity index (χ4n) is 5.57. The summed E-state index contributed by atoms with van der Waals surface area (Å²) in [5, 5.41) is 6.15. The summed E-state index contributed by atoms with van der Waals surface area (Å²) in [6, 6.07) is 6.94. The van der Waals surface area contributed by atoms with Crippen molar-refractivity contribution in [1.82, 2.24) is 19.6 Å². The Balaban J connectivity index is 1.60. The van der Waals surface area contributed by atoms with E-state index in [9.17, 15) is 4.79 Å². The molecule has 2 aliphatic heterocycles. The van der Waals surface area contributed by atoms with Crippen LogP contribution in [0.4, 0.5) is 4.79 Å². The zero-order valence-corrected chi connectivity index (χ0v) is 20.9. The van der Waals surface area contributed by atoms with Crippen LogP contribution in [0.5, 0.6) is 0 Å². The van der Waals surface area contributed by atoms with Gasteiger partial charge >= 0.3 is 6.09 Å². The van der Waals surface area contributed by atoms with Gasteiger partial charge in [0.25, 0.3) is 0 Å². The lowest BCUT2D eigenvalue weighted by atomic mass is 9.82. The van der Waals surface area contributed by atoms with Crippen molar-refractivity contribution >= 4 is 17.0 Å². The minimum Gasteiger partial charge on any atom is -0.444 e. The molecule has 1 amide bonds. The molecule has 32 heavy (non-hydrogen) atoms. The van der Waals surface area contributed by atoms with Gasteiger partial charge in [-0.3, -0.25) is 4.68 Å². The molecule has 0 spiro atoms. The lowest BCUT2D eigenvalue weighted by Crippen LogP contribution is -2.44. The Labute approximate surface area is 192 Å². The molecular weight excluding hydrogens is 400 g/mol. The molecule has 0 N–H and O–H groups in total. The van der Waals surface area contributed by atoms with Crippen molar-refractivity contribution in [1.29, 1.82) is 0 Å². The van der Waals surface area contributed by atoms with Crippen LogP contribution in [-0.2, 0) is 4.74 Å². The van der Waals surface area contributed by atoms with Crippen LogP contribution >= 0.6 is 0 Å². The topological polar surface area (TPSA) is 50.6 Å². The molecule has 0 bridgehead atoms. The highest BCUT2D eigenvalue weighted by Gasteiger charge is 2.35. The number of benzene rings is 1. The number of amides is 1. The van der Waals surface area contributed by atoms with Crippen LogP contribution in [0, 0.1) is 11.3 Å². The Hall–Kier alpha value is -2.08. The molecule has 2 saturated heterocycles. The van der Waals surface area contributed by atoms with Crippen molar-refractivity contribution in [2.75, 3.05) is 26.7 Å². The highest BCUT2D eigenvalue weighted by Crippen LogP contribution is 2.37. The minimum absolute atomic E-state index is 0.0374. The van der Waals surface area contributed by atoms with Crippen LogP contribution in [-0.4, -0.2) is 58.0 Å². The summed E-state index contributed by atoms with van der Waals surface area (Å²) < 4.78 is 7.91. The molecule has 6 heteroatoms. The van der Waals surface area contributed by atoms with Crippen molar-refractivity contribution in [3.63, 3.8) is 0 Å². The van der Waals surface area contributed by atoms with Crippen molar-refractivity contribution in [3.8, 4) is 0 Å². The molecule has 4 rings (SSSR count). The van der Waals surface area contributed by atoms with Crippen LogP contribution in [0.1, 0.15) is 78.5 Å². The zero-order chi connectivity index (χ0) is 23.3. The first kappa shape index (κ1) is 23.1. The molecule has 0 unspecified atom stereocenters. The van der Waals surface area contributed by atoms with Gasteiger partial charge in [-0.25, -0.2) is 4.79 Å². The van der Waals surface area contributed by atoms with E-state index in [4.69, 9.17) is 9.84 Å². The van der Waals surface area contributed by atoms with Gasteiger partial charge in [0.1, 0.15) is 5.60 Å². The van der Waals surface area contributed by atoms with E-state index >= 15 is 0 Å². The predicted octanol–water partition coefficient (Wildman–Crippen LogP) is 5.65. The van der Waals surface area contributed by atoms with Crippen LogP contribution in [0.25, 0.3) is 10.9 Å². The van der Waals surface area contributed by atoms with E-state index in [0.717, 1.165) is 55.4 Å². The predicted molar refractivity (Wildman–Crippen MR) is 129 cm³/mol. The molecule has 2 fully saturated rings. The normalized spacial score (nSPS) is 27.0. The quantitative estimate of drug-likeness (QED) is 0.606. The fourth-order valence-corrected chi connectivity index (χ4v) is 5.57. The number of likely N-dealkylation sites (tertiary alicyclic amines) is 2. The van der Waals surface area contributed by atoms with Crippen LogP contribution in [0.15, 0.2) is 24.4 Å². The largest absolute Gasteiger partial charge is 0.444 e. The molecule has 6 nitrogen and oxygen atoms in total. The summed E-state index contributed by atoms with van der Waals surface area (Å²) in [5.74, 6) is 0.480. The summed E-state index contributed by atoms with van der Waals surface area (Å²) >= 11 is 0. The molecule has 0 aliphatic carbocycles. The number of likely N-dealkylation sites (N-methyl/N-ethyl adjacent to an activating group) is 1. The second-order valence-electron chi connectivity index (χ2n) is 12.0. The Kier molecular flexibility index (Phi) is 6.03. The van der Waals surface area contributed by atoms with E-state index in [1.165, 1.54) is 0 Å². The maximum atomic E-state index is 13.0. The number of hydrogen-bond donors (Lipinski definition) is 0. The molecule has 1 aromatic heterocycles. The van der Waals surface area contributed by atoms with Gasteiger partial charge in [-0.2, -0.15) is 5.10 Å². The Morgan fingerprint density at radius 2 is 1.94 bits per heavy atom. The average molecular weight is 441 g/mol. The van der Waals surface area contributed by atoms with E-state index in [0.29, 0.717) is 12.0 Å². The van der Waals surface area contributed by atoms with Gasteiger partial charge in [0, 0.05) is 31.2 Å². The third-order valence-corrected chi connectivity index (χ3v) is 6.76. The minimum atomic E-state index is -0.494. The summed E-state index contributed by atoms with van der Waals surface area (Å²) in [6.45, 7) is 15.5. The number of ether oxygens (including phenoxy) is 1. The molecule has 1 aromatic carbocycles. The second kappa shape index (κ2) is 8.36. The molecule has 3 atom stereocenters. The van der Waals surface area contributed by atoms with Crippen LogP contribution < -0.4 is 0 Å². The first-order valence-corrected chi connectivity index (χ1v) is 12.1. The monoisotopic (exact) mass is 440 g/mol. The average Bonchev–Trinajstić information content (AvgIpc) is 3.08. The zero-order valence-electron chi connectivity index (χ0n) is 20.9. The van der Waals surface area contributed by atoms with Crippen LogP contribution in [0.2, 0.25) is 0 Å². The van der Waals surface area contributed by atoms with Crippen molar-refractivity contribution in [2.24, 2.45) is 11.3 Å². The molecule has 176 valence electrons. The number of aromatic nitrogens is 2. The molecular formula is C26H40N4O2. The van der Waals surface area contributed by atoms with E-state index < -0.39 is 5.60 Å². The number of rotatable bonds is 2. The van der Waals surface area contributed by atoms with E-state index in [2.05, 4.69) is 61.8 Å². The van der Waals surface area contributed by atoms with Crippen LogP contribution in [0.3, 0.4) is 0 Å². The smallest absolute Gasteiger partial charge is 0.410 e. The van der Waals surface area contributed by atoms with Gasteiger partial charge in [0.15, 0.2) is 0 Å². The molecule has 0 radical (unpaired) electrons. The highest BCUT2D eigenvalue weighted by atomic mass is 16.6. The summed E-state index contributed by atoms with van der Waals surface area (Å²) in [4.78, 5) is 17.3. The number of hydrogen-bond acceptors (Lipinski definition) is 4. The van der Waals surface area contributed by atoms with Crippen molar-refractivity contribution < 1.29 is 9.53 Å². The van der Waals surface area contributed by atoms with E-state index in [1.807, 2.05) is 25.7 Å². The lowest BCUT2D eigenvalue weighted by molar-refractivity contribution is 0.00365. The third kappa shape index (κ3) is 5.11. The van der Waals surface area contributed by atoms with Gasteiger partial charge in [0.05, 0.1) is 17.6 Å². The SMILES string of the molecule is C[C@H]1CC[C@@H](c2ccc3cn([C@@H]4CN(C)CC(C)(C)C4)nc3c2)N(C(=O)OC(C)(C)C)C1. The summed E-state index contributed by atoms with van der Waals surface area (Å²) in [5.41, 5.74) is 1.96. The third-order valence-electron chi connectivity index (χ3n) is 6.76. The lowest BCUT2D eigenvalue weighted by Gasteiger charge is -2.40. The van der Waals surface area contributed by atoms with Gasteiger partial charge < -0.3 is 14.5 Å². The fraction of sp³-hybridized carbons (Fsp3) is 0.692. The standard InChI is InChI=1S/C26H40N4O2/c1-18-8-11-23(29(14-18)24(31)32-25(2,3)4)19-9-10-20-15-30(27-22(20)12-19)21-13-26(5,6)17-28(7)16-21/h9-10,12,15,18,21,23H,8,11,13-14,16-17H2,1-7H3/t18-,21-,23-/m0/s1. The maximum Gasteiger partial charge on any atom is 0.410 e. The molecule has 2 aromatic rings. The van der Waals surface area contributed by atoms with Gasteiger partial charge in [-0.15, -0.1) is 0 Å². The van der Waals surface area contributed by atoms with Gasteiger partial charge in [-0.05, 0) is 70.0 Å². The van der Waals surface area contributed by atoms with Crippen molar-refractivity contribution in [2.45, 2.75) is 78.5 Å². The first-order valence-electron chi connectivity index (χ1n) is 12.1. The number of piperidine rings is 2. The van der Waals surface area contributed by atoms with E-state index in [-0.39, 0.29) is 17.6 Å². The van der Waals surface area contributed by atoms with Crippen molar-refractivity contribution in [3.05, 3.63) is 30.0 Å². The molecule has 2 aliphatic rings. The number of nitrogens with zero attached hydrogens (tertiary/aromatic N) is 4. The highest BCUT2D eigenvalue weighted by molar-refractivity contribution is 5.79. The number of carbonyl (C=O) groups excluding carboxylic acids is 1. The second-order valence-corrected chi connectivity index (χ2v) is 12.0. The summed E-state index contributed by atoms with van der Waals surface area (Å²) in [6.07, 6.45) is 5.17.